The van der Waals surface area contributed by atoms with Gasteiger partial charge in [0.25, 0.3) is 0 Å². The molecule has 2 aromatic carbocycles. The lowest BCUT2D eigenvalue weighted by Gasteiger charge is -2.32. The summed E-state index contributed by atoms with van der Waals surface area (Å²) in [6, 6.07) is 15.5. The quantitative estimate of drug-likeness (QED) is 0.754. The fraction of sp³-hybridized carbons (Fsp3) is 0.368. The summed E-state index contributed by atoms with van der Waals surface area (Å²) in [5.41, 5.74) is 5.25. The molecule has 1 nitrogen and oxygen atoms in total. The van der Waals surface area contributed by atoms with E-state index in [9.17, 15) is 0 Å². The van der Waals surface area contributed by atoms with Crippen LogP contribution in [0.25, 0.3) is 0 Å². The first-order valence-electron chi connectivity index (χ1n) is 7.40. The van der Waals surface area contributed by atoms with Crippen molar-refractivity contribution in [2.45, 2.75) is 46.2 Å². The van der Waals surface area contributed by atoms with Gasteiger partial charge < -0.3 is 5.32 Å². The van der Waals surface area contributed by atoms with E-state index in [-0.39, 0.29) is 5.54 Å². The minimum Gasteiger partial charge on any atom is -0.301 e. The Morgan fingerprint density at radius 1 is 1.00 bits per heavy atom. The Bertz CT molecular complexity index is 614. The lowest BCUT2D eigenvalue weighted by molar-refractivity contribution is 0.357. The van der Waals surface area contributed by atoms with Gasteiger partial charge >= 0.3 is 0 Å². The third-order valence-electron chi connectivity index (χ3n) is 4.04. The van der Waals surface area contributed by atoms with Gasteiger partial charge in [0, 0.05) is 16.1 Å². The molecule has 0 aromatic heterocycles. The van der Waals surface area contributed by atoms with E-state index in [1.807, 2.05) is 0 Å². The zero-order valence-electron chi connectivity index (χ0n) is 13.5. The van der Waals surface area contributed by atoms with E-state index in [1.165, 1.54) is 22.3 Å². The minimum absolute atomic E-state index is 0.0720. The van der Waals surface area contributed by atoms with Crippen molar-refractivity contribution in [1.29, 1.82) is 0 Å². The fourth-order valence-corrected chi connectivity index (χ4v) is 3.14. The molecule has 0 fully saturated rings. The summed E-state index contributed by atoms with van der Waals surface area (Å²) >= 11 is 3.50. The van der Waals surface area contributed by atoms with Gasteiger partial charge in [0.15, 0.2) is 0 Å². The SMILES string of the molecule is Cc1ccc(C(C)NC(C)(C)c2ccc(Br)cc2)c(C)c1. The molecule has 0 saturated heterocycles. The minimum atomic E-state index is -0.0720. The monoisotopic (exact) mass is 345 g/mol. The molecule has 0 aliphatic heterocycles. The third kappa shape index (κ3) is 3.96. The fourth-order valence-electron chi connectivity index (χ4n) is 2.88. The third-order valence-corrected chi connectivity index (χ3v) is 4.56. The Morgan fingerprint density at radius 2 is 1.62 bits per heavy atom. The maximum Gasteiger partial charge on any atom is 0.0382 e. The summed E-state index contributed by atoms with van der Waals surface area (Å²) in [6.07, 6.45) is 0. The number of aryl methyl sites for hydroxylation is 2. The number of hydrogen-bond acceptors (Lipinski definition) is 1. The van der Waals surface area contributed by atoms with Crippen LogP contribution in [0.5, 0.6) is 0 Å². The molecule has 0 heterocycles. The van der Waals surface area contributed by atoms with Crippen molar-refractivity contribution in [3.8, 4) is 0 Å². The molecule has 2 aromatic rings. The van der Waals surface area contributed by atoms with E-state index < -0.39 is 0 Å². The van der Waals surface area contributed by atoms with E-state index >= 15 is 0 Å². The summed E-state index contributed by atoms with van der Waals surface area (Å²) in [5.74, 6) is 0. The van der Waals surface area contributed by atoms with Crippen molar-refractivity contribution in [3.05, 3.63) is 69.2 Å². The zero-order valence-corrected chi connectivity index (χ0v) is 15.1. The van der Waals surface area contributed by atoms with Crippen LogP contribution in [0, 0.1) is 13.8 Å². The van der Waals surface area contributed by atoms with E-state index in [2.05, 4.69) is 98.3 Å². The lowest BCUT2D eigenvalue weighted by atomic mass is 9.91. The van der Waals surface area contributed by atoms with Gasteiger partial charge in [-0.2, -0.15) is 0 Å². The van der Waals surface area contributed by atoms with Crippen LogP contribution in [0.2, 0.25) is 0 Å². The molecule has 0 aliphatic carbocycles. The van der Waals surface area contributed by atoms with E-state index in [1.54, 1.807) is 0 Å². The summed E-state index contributed by atoms with van der Waals surface area (Å²) in [7, 11) is 0. The van der Waals surface area contributed by atoms with Crippen molar-refractivity contribution in [1.82, 2.24) is 5.32 Å². The van der Waals surface area contributed by atoms with Gasteiger partial charge in [-0.05, 0) is 63.4 Å². The van der Waals surface area contributed by atoms with Gasteiger partial charge in [0.2, 0.25) is 0 Å². The van der Waals surface area contributed by atoms with Crippen LogP contribution in [0.1, 0.15) is 49.1 Å². The number of benzene rings is 2. The van der Waals surface area contributed by atoms with Gasteiger partial charge in [-0.3, -0.25) is 0 Å². The molecule has 0 amide bonds. The molecule has 2 heteroatoms. The molecule has 1 atom stereocenters. The van der Waals surface area contributed by atoms with Gasteiger partial charge in [0.1, 0.15) is 0 Å². The van der Waals surface area contributed by atoms with Crippen molar-refractivity contribution in [3.63, 3.8) is 0 Å². The summed E-state index contributed by atoms with van der Waals surface area (Å²) in [6.45, 7) is 11.0. The van der Waals surface area contributed by atoms with Crippen LogP contribution in [-0.2, 0) is 5.54 Å². The number of rotatable bonds is 4. The van der Waals surface area contributed by atoms with E-state index in [0.29, 0.717) is 6.04 Å². The van der Waals surface area contributed by atoms with E-state index in [0.717, 1.165) is 4.47 Å². The first-order chi connectivity index (χ1) is 9.79. The van der Waals surface area contributed by atoms with Gasteiger partial charge in [-0.25, -0.2) is 0 Å². The highest BCUT2D eigenvalue weighted by atomic mass is 79.9. The second-order valence-corrected chi connectivity index (χ2v) is 7.27. The predicted octanol–water partition coefficient (Wildman–Crippen LogP) is 5.65. The molecule has 1 unspecified atom stereocenters. The highest BCUT2D eigenvalue weighted by Gasteiger charge is 2.23. The maximum absolute atomic E-state index is 3.75. The first-order valence-corrected chi connectivity index (χ1v) is 8.20. The topological polar surface area (TPSA) is 12.0 Å². The van der Waals surface area contributed by atoms with Gasteiger partial charge in [-0.15, -0.1) is 0 Å². The molecule has 1 N–H and O–H groups in total. The molecule has 112 valence electrons. The smallest absolute Gasteiger partial charge is 0.0382 e. The molecule has 21 heavy (non-hydrogen) atoms. The standard InChI is InChI=1S/C19H24BrN/c1-13-6-11-18(14(2)12-13)15(3)21-19(4,5)16-7-9-17(20)10-8-16/h6-12,15,21H,1-5H3. The number of halogens is 1. The maximum atomic E-state index is 3.75. The molecular formula is C19H24BrN. The number of hydrogen-bond donors (Lipinski definition) is 1. The average molecular weight is 346 g/mol. The van der Waals surface area contributed by atoms with Crippen molar-refractivity contribution in [2.24, 2.45) is 0 Å². The molecule has 0 spiro atoms. The second kappa shape index (κ2) is 6.33. The Kier molecular flexibility index (Phi) is 4.90. The zero-order chi connectivity index (χ0) is 15.6. The largest absolute Gasteiger partial charge is 0.301 e. The van der Waals surface area contributed by atoms with Crippen molar-refractivity contribution < 1.29 is 0 Å². The Labute approximate surface area is 136 Å². The molecule has 0 bridgehead atoms. The Hall–Kier alpha value is -1.12. The summed E-state index contributed by atoms with van der Waals surface area (Å²) < 4.78 is 1.12. The van der Waals surface area contributed by atoms with Crippen LogP contribution in [0.4, 0.5) is 0 Å². The molecule has 0 radical (unpaired) electrons. The van der Waals surface area contributed by atoms with Crippen LogP contribution in [0.3, 0.4) is 0 Å². The Balaban J connectivity index is 2.21. The lowest BCUT2D eigenvalue weighted by Crippen LogP contribution is -2.38. The molecule has 2 rings (SSSR count). The summed E-state index contributed by atoms with van der Waals surface area (Å²) in [4.78, 5) is 0. The normalized spacial score (nSPS) is 13.2. The highest BCUT2D eigenvalue weighted by Crippen LogP contribution is 2.27. The molecule has 0 saturated carbocycles. The van der Waals surface area contributed by atoms with E-state index in [4.69, 9.17) is 0 Å². The van der Waals surface area contributed by atoms with Crippen molar-refractivity contribution >= 4 is 15.9 Å². The second-order valence-electron chi connectivity index (χ2n) is 6.36. The average Bonchev–Trinajstić information content (AvgIpc) is 2.38. The first kappa shape index (κ1) is 16.3. The van der Waals surface area contributed by atoms with Crippen LogP contribution >= 0.6 is 15.9 Å². The van der Waals surface area contributed by atoms with Crippen LogP contribution in [-0.4, -0.2) is 0 Å². The highest BCUT2D eigenvalue weighted by molar-refractivity contribution is 9.10. The van der Waals surface area contributed by atoms with Crippen LogP contribution in [0.15, 0.2) is 46.9 Å². The number of nitrogens with one attached hydrogen (secondary N) is 1. The van der Waals surface area contributed by atoms with Gasteiger partial charge in [0.05, 0.1) is 0 Å². The molecular weight excluding hydrogens is 322 g/mol. The molecule has 0 aliphatic rings. The van der Waals surface area contributed by atoms with Crippen molar-refractivity contribution in [2.75, 3.05) is 0 Å². The predicted molar refractivity (Wildman–Crippen MR) is 94.6 cm³/mol. The Morgan fingerprint density at radius 3 is 2.19 bits per heavy atom. The van der Waals surface area contributed by atoms with Crippen LogP contribution < -0.4 is 5.32 Å². The summed E-state index contributed by atoms with van der Waals surface area (Å²) in [5, 5.41) is 3.75. The van der Waals surface area contributed by atoms with Gasteiger partial charge in [-0.1, -0.05) is 51.8 Å².